The molecule has 0 aliphatic heterocycles. The molecule has 26 heavy (non-hydrogen) atoms. The molecule has 0 aliphatic carbocycles. The highest BCUT2D eigenvalue weighted by atomic mass is 32.1. The van der Waals surface area contributed by atoms with E-state index in [1.165, 1.54) is 0 Å². The van der Waals surface area contributed by atoms with Gasteiger partial charge in [0.05, 0.1) is 20.2 Å². The van der Waals surface area contributed by atoms with Crippen molar-refractivity contribution in [2.24, 2.45) is 7.05 Å². The number of benzene rings is 1. The zero-order chi connectivity index (χ0) is 18.4. The van der Waals surface area contributed by atoms with Crippen molar-refractivity contribution in [3.8, 4) is 11.5 Å². The van der Waals surface area contributed by atoms with Gasteiger partial charge in [0.2, 0.25) is 0 Å². The minimum Gasteiger partial charge on any atom is -0.497 e. The molecule has 0 N–H and O–H groups in total. The highest BCUT2D eigenvalue weighted by Gasteiger charge is 2.17. The van der Waals surface area contributed by atoms with Gasteiger partial charge in [0, 0.05) is 29.9 Å². The van der Waals surface area contributed by atoms with E-state index in [9.17, 15) is 4.79 Å². The molecule has 6 heteroatoms. The van der Waals surface area contributed by atoms with E-state index >= 15 is 0 Å². The fourth-order valence-corrected chi connectivity index (χ4v) is 3.33. The number of hydrogen-bond acceptors (Lipinski definition) is 4. The maximum atomic E-state index is 12.8. The molecular formula is C20H22N2O3S. The number of ether oxygens (including phenoxy) is 2. The summed E-state index contributed by atoms with van der Waals surface area (Å²) >= 11 is 1.65. The van der Waals surface area contributed by atoms with Crippen LogP contribution in [0.15, 0.2) is 60.1 Å². The van der Waals surface area contributed by atoms with Crippen molar-refractivity contribution in [1.29, 1.82) is 0 Å². The lowest BCUT2D eigenvalue weighted by Gasteiger charge is -2.22. The molecule has 2 heterocycles. The summed E-state index contributed by atoms with van der Waals surface area (Å²) in [5.41, 5.74) is 1.08. The summed E-state index contributed by atoms with van der Waals surface area (Å²) in [4.78, 5) is 15.8. The highest BCUT2D eigenvalue weighted by molar-refractivity contribution is 7.09. The number of hydrogen-bond donors (Lipinski definition) is 0. The van der Waals surface area contributed by atoms with E-state index in [-0.39, 0.29) is 12.5 Å². The maximum Gasteiger partial charge on any atom is 0.261 e. The van der Waals surface area contributed by atoms with Gasteiger partial charge in [-0.25, -0.2) is 0 Å². The molecule has 0 saturated heterocycles. The van der Waals surface area contributed by atoms with Crippen LogP contribution in [0.5, 0.6) is 11.5 Å². The minimum absolute atomic E-state index is 0.0109. The van der Waals surface area contributed by atoms with E-state index in [1.807, 2.05) is 70.6 Å². The van der Waals surface area contributed by atoms with Gasteiger partial charge < -0.3 is 18.9 Å². The zero-order valence-corrected chi connectivity index (χ0v) is 15.7. The summed E-state index contributed by atoms with van der Waals surface area (Å²) < 4.78 is 12.9. The fourth-order valence-electron chi connectivity index (χ4n) is 2.61. The molecule has 0 aliphatic rings. The van der Waals surface area contributed by atoms with Crippen molar-refractivity contribution in [2.75, 3.05) is 13.7 Å². The molecule has 1 amide bonds. The first kappa shape index (κ1) is 18.1. The van der Waals surface area contributed by atoms with E-state index < -0.39 is 0 Å². The van der Waals surface area contributed by atoms with Crippen LogP contribution in [0.4, 0.5) is 0 Å². The van der Waals surface area contributed by atoms with Gasteiger partial charge in [0.15, 0.2) is 6.61 Å². The molecule has 136 valence electrons. The molecule has 0 spiro atoms. The van der Waals surface area contributed by atoms with Crippen LogP contribution < -0.4 is 9.47 Å². The molecule has 0 bridgehead atoms. The number of rotatable bonds is 8. The van der Waals surface area contributed by atoms with E-state index in [0.717, 1.165) is 10.6 Å². The van der Waals surface area contributed by atoms with Crippen LogP contribution in [0.2, 0.25) is 0 Å². The second kappa shape index (κ2) is 8.58. The summed E-state index contributed by atoms with van der Waals surface area (Å²) in [6, 6.07) is 15.3. The van der Waals surface area contributed by atoms with Crippen molar-refractivity contribution in [3.63, 3.8) is 0 Å². The van der Waals surface area contributed by atoms with E-state index in [0.29, 0.717) is 24.6 Å². The molecular weight excluding hydrogens is 348 g/mol. The third kappa shape index (κ3) is 4.67. The van der Waals surface area contributed by atoms with Gasteiger partial charge in [-0.05, 0) is 35.7 Å². The number of methoxy groups -OCH3 is 1. The van der Waals surface area contributed by atoms with Crippen molar-refractivity contribution in [1.82, 2.24) is 9.47 Å². The largest absolute Gasteiger partial charge is 0.497 e. The van der Waals surface area contributed by atoms with Gasteiger partial charge in [-0.15, -0.1) is 11.3 Å². The second-order valence-corrected chi connectivity index (χ2v) is 6.94. The molecule has 3 aromatic rings. The number of thiophene rings is 1. The topological polar surface area (TPSA) is 43.7 Å². The van der Waals surface area contributed by atoms with Crippen LogP contribution in [0.1, 0.15) is 10.6 Å². The van der Waals surface area contributed by atoms with Gasteiger partial charge in [-0.3, -0.25) is 4.79 Å². The van der Waals surface area contributed by atoms with Crippen LogP contribution in [-0.4, -0.2) is 29.1 Å². The molecule has 0 saturated carbocycles. The smallest absolute Gasteiger partial charge is 0.261 e. The van der Waals surface area contributed by atoms with Gasteiger partial charge in [0.1, 0.15) is 11.5 Å². The minimum atomic E-state index is -0.0533. The molecule has 0 fully saturated rings. The molecule has 2 aromatic heterocycles. The Balaban J connectivity index is 1.68. The standard InChI is InChI=1S/C20H22N2O3S/c1-21-10-4-6-16(21)13-22(14-19-9-5-11-26-19)20(23)15-25-18-8-3-7-17(12-18)24-2/h3-12H,13-15H2,1-2H3. The van der Waals surface area contributed by atoms with E-state index in [1.54, 1.807) is 24.5 Å². The van der Waals surface area contributed by atoms with Gasteiger partial charge in [-0.2, -0.15) is 0 Å². The van der Waals surface area contributed by atoms with E-state index in [2.05, 4.69) is 0 Å². The first-order valence-electron chi connectivity index (χ1n) is 8.33. The monoisotopic (exact) mass is 370 g/mol. The van der Waals surface area contributed by atoms with Crippen molar-refractivity contribution < 1.29 is 14.3 Å². The average Bonchev–Trinajstić information content (AvgIpc) is 3.31. The predicted octanol–water partition coefficient (Wildman–Crippen LogP) is 3.70. The lowest BCUT2D eigenvalue weighted by atomic mass is 10.3. The molecule has 5 nitrogen and oxygen atoms in total. The lowest BCUT2D eigenvalue weighted by Crippen LogP contribution is -2.34. The summed E-state index contributed by atoms with van der Waals surface area (Å²) in [5, 5.41) is 2.02. The Morgan fingerprint density at radius 2 is 1.96 bits per heavy atom. The molecule has 0 atom stereocenters. The number of nitrogens with zero attached hydrogens (tertiary/aromatic N) is 2. The Labute approximate surface area is 157 Å². The number of carbonyl (C=O) groups is 1. The van der Waals surface area contributed by atoms with E-state index in [4.69, 9.17) is 9.47 Å². The number of aryl methyl sites for hydroxylation is 1. The Kier molecular flexibility index (Phi) is 5.96. The summed E-state index contributed by atoms with van der Waals surface area (Å²) in [7, 11) is 3.59. The summed E-state index contributed by atoms with van der Waals surface area (Å²) in [5.74, 6) is 1.27. The zero-order valence-electron chi connectivity index (χ0n) is 14.9. The second-order valence-electron chi connectivity index (χ2n) is 5.91. The predicted molar refractivity (Wildman–Crippen MR) is 102 cm³/mol. The summed E-state index contributed by atoms with van der Waals surface area (Å²) in [6.45, 7) is 1.10. The van der Waals surface area contributed by atoms with Crippen LogP contribution in [0.3, 0.4) is 0 Å². The van der Waals surface area contributed by atoms with Crippen LogP contribution in [-0.2, 0) is 24.9 Å². The van der Waals surface area contributed by atoms with Crippen LogP contribution >= 0.6 is 11.3 Å². The number of carbonyl (C=O) groups excluding carboxylic acids is 1. The van der Waals surface area contributed by atoms with Crippen molar-refractivity contribution in [2.45, 2.75) is 13.1 Å². The molecule has 1 aromatic carbocycles. The third-order valence-corrected chi connectivity index (χ3v) is 4.95. The van der Waals surface area contributed by atoms with Crippen LogP contribution in [0.25, 0.3) is 0 Å². The third-order valence-electron chi connectivity index (χ3n) is 4.09. The maximum absolute atomic E-state index is 12.8. The first-order chi connectivity index (χ1) is 12.7. The van der Waals surface area contributed by atoms with Crippen molar-refractivity contribution in [3.05, 3.63) is 70.7 Å². The van der Waals surface area contributed by atoms with Crippen LogP contribution in [0, 0.1) is 0 Å². The Morgan fingerprint density at radius 3 is 2.65 bits per heavy atom. The number of aromatic nitrogens is 1. The fraction of sp³-hybridized carbons (Fsp3) is 0.250. The summed E-state index contributed by atoms with van der Waals surface area (Å²) in [6.07, 6.45) is 1.98. The van der Waals surface area contributed by atoms with Gasteiger partial charge in [-0.1, -0.05) is 12.1 Å². The van der Waals surface area contributed by atoms with Crippen molar-refractivity contribution >= 4 is 17.2 Å². The Hall–Kier alpha value is -2.73. The lowest BCUT2D eigenvalue weighted by molar-refractivity contribution is -0.134. The quantitative estimate of drug-likeness (QED) is 0.607. The first-order valence-corrected chi connectivity index (χ1v) is 9.21. The molecule has 3 rings (SSSR count). The SMILES string of the molecule is COc1cccc(OCC(=O)N(Cc2cccs2)Cc2cccn2C)c1. The Morgan fingerprint density at radius 1 is 1.12 bits per heavy atom. The average molecular weight is 370 g/mol. The normalized spacial score (nSPS) is 10.5. The van der Waals surface area contributed by atoms with Gasteiger partial charge >= 0.3 is 0 Å². The molecule has 0 radical (unpaired) electrons. The van der Waals surface area contributed by atoms with Gasteiger partial charge in [0.25, 0.3) is 5.91 Å². The molecule has 0 unspecified atom stereocenters. The highest BCUT2D eigenvalue weighted by Crippen LogP contribution is 2.20. The Bertz CT molecular complexity index is 842. The number of amides is 1.